The zero-order valence-corrected chi connectivity index (χ0v) is 25.8. The number of benzene rings is 2. The highest BCUT2D eigenvalue weighted by Crippen LogP contribution is 2.37. The molecule has 0 bridgehead atoms. The Morgan fingerprint density at radius 3 is 1.85 bits per heavy atom. The predicted molar refractivity (Wildman–Crippen MR) is 172 cm³/mol. The van der Waals surface area contributed by atoms with E-state index in [1.807, 2.05) is 52.0 Å². The Labute approximate surface area is 242 Å². The molecule has 2 N–H and O–H groups in total. The summed E-state index contributed by atoms with van der Waals surface area (Å²) in [6, 6.07) is 17.0. The summed E-state index contributed by atoms with van der Waals surface area (Å²) in [5.41, 5.74) is 7.14. The molecule has 0 atom stereocenters. The fourth-order valence-electron chi connectivity index (χ4n) is 3.90. The van der Waals surface area contributed by atoms with Gasteiger partial charge in [-0.3, -0.25) is 4.79 Å². The fourth-order valence-corrected chi connectivity index (χ4v) is 3.90. The molecule has 0 aliphatic heterocycles. The van der Waals surface area contributed by atoms with E-state index in [1.165, 1.54) is 24.0 Å². The standard InChI is InChI=1S/C29H31NO2.C3H8O.C2H6.CH4O/c1-6-9-11-21-12-14-22(15-13-21)23-16-18-24(19-17-23)28-29(32-5)27(20(4)31)25(8-3)26(30-28)10-7-2;1-2-3-4;2*1-2/h7-8,10,12-19H,3,6,9,11H2,1-2,4-5H3;4H,2-3H2,1H3;1-2H3;2H,1H3/b10-7-;;;. The Hall–Kier alpha value is -3.54. The van der Waals surface area contributed by atoms with Crippen LogP contribution < -0.4 is 4.74 Å². The molecule has 3 rings (SSSR count). The van der Waals surface area contributed by atoms with E-state index in [2.05, 4.69) is 49.9 Å². The van der Waals surface area contributed by atoms with Crippen LogP contribution in [0.25, 0.3) is 34.5 Å². The van der Waals surface area contributed by atoms with Gasteiger partial charge in [-0.2, -0.15) is 0 Å². The van der Waals surface area contributed by atoms with E-state index >= 15 is 0 Å². The summed E-state index contributed by atoms with van der Waals surface area (Å²) in [4.78, 5) is 17.3. The molecule has 0 amide bonds. The second kappa shape index (κ2) is 21.3. The summed E-state index contributed by atoms with van der Waals surface area (Å²) in [5.74, 6) is 0.402. The van der Waals surface area contributed by atoms with E-state index in [4.69, 9.17) is 19.9 Å². The highest BCUT2D eigenvalue weighted by molar-refractivity contribution is 6.03. The number of Topliss-reactive ketones (excluding diaryl/α,β-unsaturated/α-hetero) is 1. The molecule has 0 aliphatic rings. The van der Waals surface area contributed by atoms with Crippen LogP contribution in [-0.2, 0) is 6.42 Å². The zero-order chi connectivity index (χ0) is 30.5. The Kier molecular flexibility index (Phi) is 19.4. The number of allylic oxidation sites excluding steroid dienone is 1. The smallest absolute Gasteiger partial charge is 0.164 e. The summed E-state index contributed by atoms with van der Waals surface area (Å²) in [6.07, 6.45) is 9.87. The molecular formula is C35H49NO4. The molecule has 1 aromatic heterocycles. The SMILES string of the molecule is C=Cc1c(/C=C\C)nc(-c2ccc(-c3ccc(CCCC)cc3)cc2)c(OC)c1C(C)=O.CC.CCCO.CO. The van der Waals surface area contributed by atoms with Crippen LogP contribution in [0.1, 0.15) is 88.0 Å². The van der Waals surface area contributed by atoms with Crippen molar-refractivity contribution in [3.8, 4) is 28.1 Å². The molecule has 0 radical (unpaired) electrons. The van der Waals surface area contributed by atoms with Gasteiger partial charge in [-0.15, -0.1) is 0 Å². The van der Waals surface area contributed by atoms with Gasteiger partial charge in [0.1, 0.15) is 5.69 Å². The molecule has 40 heavy (non-hydrogen) atoms. The van der Waals surface area contributed by atoms with Crippen molar-refractivity contribution in [1.82, 2.24) is 4.98 Å². The topological polar surface area (TPSA) is 79.7 Å². The Bertz CT molecular complexity index is 1160. The highest BCUT2D eigenvalue weighted by atomic mass is 16.5. The van der Waals surface area contributed by atoms with Crippen molar-refractivity contribution in [2.75, 3.05) is 20.8 Å². The van der Waals surface area contributed by atoms with Crippen LogP contribution in [0.3, 0.4) is 0 Å². The highest BCUT2D eigenvalue weighted by Gasteiger charge is 2.22. The molecule has 0 saturated carbocycles. The maximum Gasteiger partial charge on any atom is 0.164 e. The largest absolute Gasteiger partial charge is 0.494 e. The van der Waals surface area contributed by atoms with Gasteiger partial charge in [0.15, 0.2) is 11.5 Å². The normalized spacial score (nSPS) is 9.85. The summed E-state index contributed by atoms with van der Waals surface area (Å²) < 4.78 is 5.67. The third-order valence-electron chi connectivity index (χ3n) is 5.79. The molecule has 3 aromatic rings. The van der Waals surface area contributed by atoms with Gasteiger partial charge in [0.2, 0.25) is 0 Å². The second-order valence-electron chi connectivity index (χ2n) is 8.53. The Morgan fingerprint density at radius 1 is 0.950 bits per heavy atom. The number of aryl methyl sites for hydroxylation is 1. The van der Waals surface area contributed by atoms with Crippen molar-refractivity contribution in [3.05, 3.63) is 83.6 Å². The number of hydrogen-bond donors (Lipinski definition) is 2. The van der Waals surface area contributed by atoms with Gasteiger partial charge in [-0.1, -0.05) is 101 Å². The van der Waals surface area contributed by atoms with Gasteiger partial charge in [-0.25, -0.2) is 4.98 Å². The monoisotopic (exact) mass is 547 g/mol. The number of nitrogens with zero attached hydrogens (tertiary/aromatic N) is 1. The van der Waals surface area contributed by atoms with Gasteiger partial charge in [0.05, 0.1) is 18.4 Å². The Morgan fingerprint density at radius 2 is 1.45 bits per heavy atom. The number of ether oxygens (including phenoxy) is 1. The van der Waals surface area contributed by atoms with Crippen molar-refractivity contribution >= 4 is 17.9 Å². The van der Waals surface area contributed by atoms with Gasteiger partial charge in [0.25, 0.3) is 0 Å². The van der Waals surface area contributed by atoms with E-state index in [-0.39, 0.29) is 5.78 Å². The fraction of sp³-hybridized carbons (Fsp3) is 0.371. The van der Waals surface area contributed by atoms with Crippen molar-refractivity contribution in [2.24, 2.45) is 0 Å². The lowest BCUT2D eigenvalue weighted by molar-refractivity contribution is 0.101. The first-order valence-electron chi connectivity index (χ1n) is 14.1. The van der Waals surface area contributed by atoms with Crippen LogP contribution in [0.15, 0.2) is 61.2 Å². The lowest BCUT2D eigenvalue weighted by atomic mass is 9.96. The van der Waals surface area contributed by atoms with Crippen molar-refractivity contribution in [2.45, 2.75) is 67.2 Å². The first-order chi connectivity index (χ1) is 19.4. The van der Waals surface area contributed by atoms with Crippen LogP contribution in [0.5, 0.6) is 5.75 Å². The summed E-state index contributed by atoms with van der Waals surface area (Å²) in [6.45, 7) is 15.8. The van der Waals surface area contributed by atoms with Crippen molar-refractivity contribution in [3.63, 3.8) is 0 Å². The minimum atomic E-state index is -0.0778. The van der Waals surface area contributed by atoms with Crippen molar-refractivity contribution < 1.29 is 19.7 Å². The van der Waals surface area contributed by atoms with E-state index in [9.17, 15) is 4.79 Å². The minimum absolute atomic E-state index is 0.0778. The third kappa shape index (κ3) is 10.6. The molecule has 0 spiro atoms. The van der Waals surface area contributed by atoms with Gasteiger partial charge >= 0.3 is 0 Å². The molecule has 0 fully saturated rings. The molecule has 0 unspecified atom stereocenters. The van der Waals surface area contributed by atoms with E-state index in [1.54, 1.807) is 20.1 Å². The molecule has 1 heterocycles. The molecular weight excluding hydrogens is 498 g/mol. The van der Waals surface area contributed by atoms with Crippen LogP contribution in [0, 0.1) is 0 Å². The first kappa shape index (κ1) is 36.5. The summed E-state index contributed by atoms with van der Waals surface area (Å²) in [5, 5.41) is 14.9. The zero-order valence-electron chi connectivity index (χ0n) is 25.8. The number of aliphatic hydroxyl groups is 2. The quantitative estimate of drug-likeness (QED) is 0.248. The molecule has 5 heteroatoms. The second-order valence-corrected chi connectivity index (χ2v) is 8.53. The van der Waals surface area contributed by atoms with Crippen LogP contribution in [0.2, 0.25) is 0 Å². The number of carbonyl (C=O) groups excluding carboxylic acids is 1. The first-order valence-corrected chi connectivity index (χ1v) is 14.1. The van der Waals surface area contributed by atoms with Crippen LogP contribution >= 0.6 is 0 Å². The average Bonchev–Trinajstić information content (AvgIpc) is 3.01. The maximum absolute atomic E-state index is 12.5. The molecule has 2 aromatic carbocycles. The number of ketones is 1. The lowest BCUT2D eigenvalue weighted by Crippen LogP contribution is -2.07. The number of aliphatic hydroxyl groups excluding tert-OH is 2. The number of aromatic nitrogens is 1. The summed E-state index contributed by atoms with van der Waals surface area (Å²) >= 11 is 0. The van der Waals surface area contributed by atoms with Crippen LogP contribution in [0.4, 0.5) is 0 Å². The molecule has 0 aliphatic carbocycles. The number of pyridine rings is 1. The third-order valence-corrected chi connectivity index (χ3v) is 5.79. The number of hydrogen-bond acceptors (Lipinski definition) is 5. The predicted octanol–water partition coefficient (Wildman–Crippen LogP) is 8.67. The average molecular weight is 548 g/mol. The maximum atomic E-state index is 12.5. The lowest BCUT2D eigenvalue weighted by Gasteiger charge is -2.17. The van der Waals surface area contributed by atoms with Gasteiger partial charge < -0.3 is 14.9 Å². The van der Waals surface area contributed by atoms with E-state index in [0.717, 1.165) is 31.1 Å². The molecule has 218 valence electrons. The van der Waals surface area contributed by atoms with E-state index in [0.29, 0.717) is 34.9 Å². The number of rotatable bonds is 10. The van der Waals surface area contributed by atoms with Gasteiger partial charge in [0, 0.05) is 24.8 Å². The minimum Gasteiger partial charge on any atom is -0.494 e. The van der Waals surface area contributed by atoms with E-state index < -0.39 is 0 Å². The Balaban J connectivity index is 0.00000171. The number of carbonyl (C=O) groups is 1. The van der Waals surface area contributed by atoms with Gasteiger partial charge in [-0.05, 0) is 55.9 Å². The number of unbranched alkanes of at least 4 members (excludes halogenated alkanes) is 1. The summed E-state index contributed by atoms with van der Waals surface area (Å²) in [7, 11) is 2.57. The molecule has 0 saturated heterocycles. The number of methoxy groups -OCH3 is 1. The van der Waals surface area contributed by atoms with Crippen molar-refractivity contribution in [1.29, 1.82) is 0 Å². The molecule has 5 nitrogen and oxygen atoms in total. The van der Waals surface area contributed by atoms with Crippen LogP contribution in [-0.4, -0.2) is 41.8 Å².